The Morgan fingerprint density at radius 3 is 0.988 bits per heavy atom. The molecule has 0 aliphatic carbocycles. The Bertz CT molecular complexity index is 1730. The fourth-order valence-electron chi connectivity index (χ4n) is 10.4. The van der Waals surface area contributed by atoms with Gasteiger partial charge in [-0.3, -0.25) is 14.2 Å². The summed E-state index contributed by atoms with van der Waals surface area (Å²) in [6, 6.07) is 0. The van der Waals surface area contributed by atoms with E-state index in [0.29, 0.717) is 17.4 Å². The van der Waals surface area contributed by atoms with Crippen LogP contribution in [0.4, 0.5) is 0 Å². The first-order valence-corrected chi connectivity index (χ1v) is 37.8. The number of unbranched alkanes of at least 4 members (excludes halogenated alkanes) is 39. The lowest BCUT2D eigenvalue weighted by molar-refractivity contribution is -0.870. The van der Waals surface area contributed by atoms with E-state index >= 15 is 0 Å². The molecule has 0 aromatic carbocycles. The second-order valence-corrected chi connectivity index (χ2v) is 27.0. The summed E-state index contributed by atoms with van der Waals surface area (Å²) in [5.41, 5.74) is 0. The van der Waals surface area contributed by atoms with Gasteiger partial charge in [0.05, 0.1) is 27.7 Å². The molecule has 0 saturated heterocycles. The SMILES string of the molecule is CC/C=C\C/C=C\C/C=C\C/C=C\CCCCCCCCCCCCCCCCCCCCCCC(=O)OC(COC(=O)CCCCCCCCCCCCCCCC/C=C\C/C=C\C/C=C\CCCCCCC)COP(=O)([O-])OCC[N+](C)(C)C. The summed E-state index contributed by atoms with van der Waals surface area (Å²) in [7, 11) is 1.17. The number of esters is 2. The molecule has 0 aliphatic heterocycles. The van der Waals surface area contributed by atoms with Crippen molar-refractivity contribution in [3.8, 4) is 0 Å². The number of carbonyl (C=O) groups excluding carboxylic acids is 2. The second-order valence-electron chi connectivity index (χ2n) is 25.6. The lowest BCUT2D eigenvalue weighted by Crippen LogP contribution is -2.37. The number of allylic oxidation sites excluding steroid dienone is 14. The zero-order chi connectivity index (χ0) is 62.6. The predicted molar refractivity (Wildman–Crippen MR) is 369 cm³/mol. The Balaban J connectivity index is 4.00. The fraction of sp³-hybridized carbons (Fsp3) is 0.789. The lowest BCUT2D eigenvalue weighted by atomic mass is 10.0. The number of ether oxygens (including phenoxy) is 2. The Kier molecular flexibility index (Phi) is 64.4. The predicted octanol–water partition coefficient (Wildman–Crippen LogP) is 23.1. The van der Waals surface area contributed by atoms with Crippen LogP contribution in [0, 0.1) is 0 Å². The summed E-state index contributed by atoms with van der Waals surface area (Å²) in [6.07, 6.45) is 91.0. The van der Waals surface area contributed by atoms with Gasteiger partial charge in [0, 0.05) is 12.8 Å². The highest BCUT2D eigenvalue weighted by atomic mass is 31.2. The third kappa shape index (κ3) is 70.3. The van der Waals surface area contributed by atoms with Gasteiger partial charge in [-0.1, -0.05) is 317 Å². The van der Waals surface area contributed by atoms with E-state index in [1.54, 1.807) is 0 Å². The maximum absolute atomic E-state index is 12.9. The first kappa shape index (κ1) is 83.2. The summed E-state index contributed by atoms with van der Waals surface area (Å²) in [6.45, 7) is 4.16. The molecule has 10 heteroatoms. The molecule has 0 aromatic rings. The molecular weight excluding hydrogens is 1090 g/mol. The molecule has 0 aromatic heterocycles. The number of phosphoric ester groups is 1. The van der Waals surface area contributed by atoms with Crippen molar-refractivity contribution in [2.45, 2.75) is 341 Å². The minimum absolute atomic E-state index is 0.0314. The molecule has 0 amide bonds. The molecule has 0 bridgehead atoms. The standard InChI is InChI=1S/C76H138NO8P/c1-6-8-10-12-14-16-18-20-22-24-26-28-30-32-34-36-37-38-39-41-43-45-47-49-51-53-55-57-59-61-63-65-67-69-76(79)85-74(73-84-86(80,81)83-71-70-77(3,4)5)72-82-75(78)68-66-64-62-60-58-56-54-52-50-48-46-44-42-40-35-33-31-29-27-25-23-21-19-17-15-13-11-9-7-2/h8,10,14,16,19-22,25-28,31,33,74H,6-7,9,11-13,15,17-18,23-24,29-30,32,34-73H2,1-5H3/b10-8-,16-14-,21-19-,22-20-,27-25-,28-26-,33-31-. The molecule has 2 unspecified atom stereocenters. The first-order valence-electron chi connectivity index (χ1n) is 36.3. The Labute approximate surface area is 532 Å². The van der Waals surface area contributed by atoms with Crippen molar-refractivity contribution in [3.63, 3.8) is 0 Å². The van der Waals surface area contributed by atoms with Crippen molar-refractivity contribution < 1.29 is 42.1 Å². The van der Waals surface area contributed by atoms with Gasteiger partial charge in [-0.05, 0) is 89.9 Å². The van der Waals surface area contributed by atoms with Gasteiger partial charge in [-0.25, -0.2) is 0 Å². The molecule has 9 nitrogen and oxygen atoms in total. The van der Waals surface area contributed by atoms with E-state index in [1.807, 2.05) is 21.1 Å². The van der Waals surface area contributed by atoms with Gasteiger partial charge in [-0.15, -0.1) is 0 Å². The van der Waals surface area contributed by atoms with E-state index in [9.17, 15) is 19.0 Å². The number of quaternary nitrogens is 1. The van der Waals surface area contributed by atoms with Crippen LogP contribution in [0.2, 0.25) is 0 Å². The summed E-state index contributed by atoms with van der Waals surface area (Å²) < 4.78 is 34.4. The minimum Gasteiger partial charge on any atom is -0.756 e. The van der Waals surface area contributed by atoms with E-state index in [-0.39, 0.29) is 32.0 Å². The smallest absolute Gasteiger partial charge is 0.306 e. The number of likely N-dealkylation sites (N-methyl/N-ethyl adjacent to an activating group) is 1. The molecule has 0 N–H and O–H groups in total. The Hall–Kier alpha value is -2.81. The van der Waals surface area contributed by atoms with Crippen LogP contribution in [-0.2, 0) is 32.7 Å². The molecule has 0 aliphatic rings. The molecule has 0 radical (unpaired) electrons. The van der Waals surface area contributed by atoms with Gasteiger partial charge < -0.3 is 27.9 Å². The van der Waals surface area contributed by atoms with Crippen LogP contribution in [0.25, 0.3) is 0 Å². The third-order valence-corrected chi connectivity index (χ3v) is 16.9. The molecule has 0 saturated carbocycles. The Morgan fingerprint density at radius 2 is 0.663 bits per heavy atom. The largest absolute Gasteiger partial charge is 0.756 e. The average molecular weight is 1220 g/mol. The van der Waals surface area contributed by atoms with Crippen LogP contribution in [0.15, 0.2) is 85.1 Å². The van der Waals surface area contributed by atoms with Crippen molar-refractivity contribution in [2.24, 2.45) is 0 Å². The second kappa shape index (κ2) is 66.6. The molecular formula is C76H138NO8P. The molecule has 0 rings (SSSR count). The van der Waals surface area contributed by atoms with Crippen molar-refractivity contribution in [2.75, 3.05) is 47.5 Å². The molecule has 86 heavy (non-hydrogen) atoms. The van der Waals surface area contributed by atoms with Gasteiger partial charge in [0.15, 0.2) is 6.10 Å². The van der Waals surface area contributed by atoms with Crippen LogP contribution >= 0.6 is 7.82 Å². The van der Waals surface area contributed by atoms with Gasteiger partial charge in [-0.2, -0.15) is 0 Å². The highest BCUT2D eigenvalue weighted by Crippen LogP contribution is 2.38. The van der Waals surface area contributed by atoms with Gasteiger partial charge in [0.25, 0.3) is 7.82 Å². The first-order chi connectivity index (χ1) is 42.0. The highest BCUT2D eigenvalue weighted by Gasteiger charge is 2.22. The van der Waals surface area contributed by atoms with Crippen molar-refractivity contribution >= 4 is 19.8 Å². The molecule has 2 atom stereocenters. The number of rotatable bonds is 67. The van der Waals surface area contributed by atoms with Crippen LogP contribution in [0.5, 0.6) is 0 Å². The van der Waals surface area contributed by atoms with Crippen molar-refractivity contribution in [1.29, 1.82) is 0 Å². The summed E-state index contributed by atoms with van der Waals surface area (Å²) >= 11 is 0. The normalized spacial score (nSPS) is 13.6. The topological polar surface area (TPSA) is 111 Å². The van der Waals surface area contributed by atoms with E-state index in [4.69, 9.17) is 18.5 Å². The summed E-state index contributed by atoms with van der Waals surface area (Å²) in [5, 5.41) is 0. The highest BCUT2D eigenvalue weighted by molar-refractivity contribution is 7.45. The summed E-state index contributed by atoms with van der Waals surface area (Å²) in [4.78, 5) is 38.1. The van der Waals surface area contributed by atoms with E-state index < -0.39 is 26.5 Å². The zero-order valence-corrected chi connectivity index (χ0v) is 57.9. The lowest BCUT2D eigenvalue weighted by Gasteiger charge is -2.28. The molecule has 0 fully saturated rings. The van der Waals surface area contributed by atoms with Crippen LogP contribution in [0.1, 0.15) is 335 Å². The van der Waals surface area contributed by atoms with Crippen molar-refractivity contribution in [3.05, 3.63) is 85.1 Å². The molecule has 0 spiro atoms. The molecule has 0 heterocycles. The maximum atomic E-state index is 12.9. The number of phosphoric acid groups is 1. The Morgan fingerprint density at radius 1 is 0.372 bits per heavy atom. The van der Waals surface area contributed by atoms with Crippen LogP contribution in [-0.4, -0.2) is 70.0 Å². The third-order valence-electron chi connectivity index (χ3n) is 15.9. The maximum Gasteiger partial charge on any atom is 0.306 e. The number of nitrogens with zero attached hydrogens (tertiary/aromatic N) is 1. The van der Waals surface area contributed by atoms with Gasteiger partial charge >= 0.3 is 11.9 Å². The zero-order valence-electron chi connectivity index (χ0n) is 57.0. The average Bonchev–Trinajstić information content (AvgIpc) is 3.70. The van der Waals surface area contributed by atoms with Gasteiger partial charge in [0.2, 0.25) is 0 Å². The summed E-state index contributed by atoms with van der Waals surface area (Å²) in [5.74, 6) is -0.821. The van der Waals surface area contributed by atoms with E-state index in [1.165, 1.54) is 225 Å². The minimum atomic E-state index is -4.64. The monoisotopic (exact) mass is 1220 g/mol. The van der Waals surface area contributed by atoms with Crippen LogP contribution in [0.3, 0.4) is 0 Å². The fourth-order valence-corrected chi connectivity index (χ4v) is 11.1. The molecule has 500 valence electrons. The van der Waals surface area contributed by atoms with Gasteiger partial charge in [0.1, 0.15) is 19.8 Å². The van der Waals surface area contributed by atoms with Crippen molar-refractivity contribution in [1.82, 2.24) is 0 Å². The van der Waals surface area contributed by atoms with E-state index in [0.717, 1.165) is 77.0 Å². The quantitative estimate of drug-likeness (QED) is 0.0195. The van der Waals surface area contributed by atoms with Crippen LogP contribution < -0.4 is 4.89 Å². The number of hydrogen-bond donors (Lipinski definition) is 0. The number of hydrogen-bond acceptors (Lipinski definition) is 8. The number of carbonyl (C=O) groups is 2. The van der Waals surface area contributed by atoms with E-state index in [2.05, 4.69) is 98.9 Å².